The highest BCUT2D eigenvalue weighted by molar-refractivity contribution is 7.98. The summed E-state index contributed by atoms with van der Waals surface area (Å²) in [6.07, 6.45) is 4.05. The first-order chi connectivity index (χ1) is 8.66. The van der Waals surface area contributed by atoms with Crippen LogP contribution in [0.25, 0.3) is 0 Å². The van der Waals surface area contributed by atoms with E-state index in [1.165, 1.54) is 0 Å². The largest absolute Gasteiger partial charge is 0.481 e. The zero-order valence-electron chi connectivity index (χ0n) is 10.1. The molecule has 1 aromatic carbocycles. The molecule has 0 spiro atoms. The normalized spacial score (nSPS) is 18.7. The topological polar surface area (TPSA) is 55.8 Å². The van der Waals surface area contributed by atoms with E-state index >= 15 is 0 Å². The van der Waals surface area contributed by atoms with Gasteiger partial charge in [-0.2, -0.15) is 0 Å². The molecule has 0 aromatic heterocycles. The van der Waals surface area contributed by atoms with E-state index in [1.54, 1.807) is 11.8 Å². The monoisotopic (exact) mass is 266 g/mol. The lowest BCUT2D eigenvalue weighted by molar-refractivity contribution is -0.137. The Kier molecular flexibility index (Phi) is 2.66. The van der Waals surface area contributed by atoms with Gasteiger partial charge in [0, 0.05) is 5.41 Å². The second-order valence-corrected chi connectivity index (χ2v) is 5.55. The van der Waals surface area contributed by atoms with Gasteiger partial charge in [0.05, 0.1) is 11.3 Å². The Bertz CT molecular complexity index is 508. The second-order valence-electron chi connectivity index (χ2n) is 4.73. The standard InChI is InChI=1S/C13H14O4S/c1-18-12-8(13(4-5-13)6-10(14)15)2-3-9-11(12)17-7-16-9/h2-3H,4-7H2,1H3,(H,14,15). The quantitative estimate of drug-likeness (QED) is 0.849. The van der Waals surface area contributed by atoms with E-state index in [1.807, 2.05) is 18.4 Å². The fourth-order valence-electron chi connectivity index (χ4n) is 2.55. The molecule has 1 aliphatic heterocycles. The van der Waals surface area contributed by atoms with E-state index in [4.69, 9.17) is 14.6 Å². The van der Waals surface area contributed by atoms with Gasteiger partial charge in [-0.15, -0.1) is 11.8 Å². The molecule has 18 heavy (non-hydrogen) atoms. The van der Waals surface area contributed by atoms with E-state index in [0.29, 0.717) is 0 Å². The number of benzene rings is 1. The molecule has 4 nitrogen and oxygen atoms in total. The minimum atomic E-state index is -0.739. The molecule has 0 atom stereocenters. The van der Waals surface area contributed by atoms with Crippen molar-refractivity contribution < 1.29 is 19.4 Å². The summed E-state index contributed by atoms with van der Waals surface area (Å²) in [5.41, 5.74) is 0.909. The predicted octanol–water partition coefficient (Wildman–Crippen LogP) is 2.64. The zero-order valence-corrected chi connectivity index (χ0v) is 10.9. The van der Waals surface area contributed by atoms with Gasteiger partial charge in [-0.3, -0.25) is 4.79 Å². The SMILES string of the molecule is CSc1c(C2(CC(=O)O)CC2)ccc2c1OCO2. The molecule has 0 radical (unpaired) electrons. The third kappa shape index (κ3) is 1.73. The van der Waals surface area contributed by atoms with E-state index in [-0.39, 0.29) is 18.6 Å². The molecule has 1 N–H and O–H groups in total. The molecule has 0 unspecified atom stereocenters. The summed E-state index contributed by atoms with van der Waals surface area (Å²) in [5.74, 6) is 0.795. The Morgan fingerprint density at radius 2 is 2.22 bits per heavy atom. The highest BCUT2D eigenvalue weighted by Crippen LogP contribution is 2.56. The van der Waals surface area contributed by atoms with Crippen molar-refractivity contribution >= 4 is 17.7 Å². The van der Waals surface area contributed by atoms with Crippen molar-refractivity contribution in [3.05, 3.63) is 17.7 Å². The number of carboxylic acid groups (broad SMARTS) is 1. The molecule has 1 aliphatic carbocycles. The molecule has 1 heterocycles. The Hall–Kier alpha value is -1.36. The van der Waals surface area contributed by atoms with Crippen LogP contribution in [0.15, 0.2) is 17.0 Å². The van der Waals surface area contributed by atoms with Crippen LogP contribution in [-0.4, -0.2) is 24.1 Å². The average molecular weight is 266 g/mol. The number of aliphatic carboxylic acids is 1. The molecule has 0 saturated heterocycles. The lowest BCUT2D eigenvalue weighted by Crippen LogP contribution is -2.14. The first kappa shape index (κ1) is 11.7. The Labute approximate surface area is 109 Å². The number of carboxylic acids is 1. The number of ether oxygens (including phenoxy) is 2. The van der Waals surface area contributed by atoms with Crippen LogP contribution >= 0.6 is 11.8 Å². The van der Waals surface area contributed by atoms with Crippen LogP contribution in [0.3, 0.4) is 0 Å². The summed E-state index contributed by atoms with van der Waals surface area (Å²) in [6, 6.07) is 3.88. The van der Waals surface area contributed by atoms with Crippen LogP contribution in [0.5, 0.6) is 11.5 Å². The number of thioether (sulfide) groups is 1. The highest BCUT2D eigenvalue weighted by atomic mass is 32.2. The van der Waals surface area contributed by atoms with Crippen molar-refractivity contribution in [2.24, 2.45) is 0 Å². The van der Waals surface area contributed by atoms with E-state index in [2.05, 4.69) is 0 Å². The molecular formula is C13H14O4S. The van der Waals surface area contributed by atoms with Gasteiger partial charge in [0.25, 0.3) is 0 Å². The molecular weight excluding hydrogens is 252 g/mol. The summed E-state index contributed by atoms with van der Waals surface area (Å²) >= 11 is 1.60. The van der Waals surface area contributed by atoms with E-state index in [0.717, 1.165) is 34.8 Å². The van der Waals surface area contributed by atoms with E-state index < -0.39 is 5.97 Å². The fourth-order valence-corrected chi connectivity index (χ4v) is 3.40. The van der Waals surface area contributed by atoms with Gasteiger partial charge >= 0.3 is 5.97 Å². The van der Waals surface area contributed by atoms with Crippen molar-refractivity contribution in [1.29, 1.82) is 0 Å². The number of hydrogen-bond donors (Lipinski definition) is 1. The molecule has 1 fully saturated rings. The van der Waals surface area contributed by atoms with Crippen molar-refractivity contribution in [3.63, 3.8) is 0 Å². The Morgan fingerprint density at radius 1 is 1.44 bits per heavy atom. The van der Waals surface area contributed by atoms with Gasteiger partial charge in [-0.05, 0) is 30.7 Å². The minimum absolute atomic E-state index is 0.189. The molecule has 1 aromatic rings. The van der Waals surface area contributed by atoms with Gasteiger partial charge in [0.2, 0.25) is 6.79 Å². The van der Waals surface area contributed by atoms with Crippen LogP contribution in [0, 0.1) is 0 Å². The summed E-state index contributed by atoms with van der Waals surface area (Å²) in [5, 5.41) is 9.04. The Morgan fingerprint density at radius 3 is 2.83 bits per heavy atom. The maximum absolute atomic E-state index is 11.0. The van der Waals surface area contributed by atoms with E-state index in [9.17, 15) is 4.79 Å². The fraction of sp³-hybridized carbons (Fsp3) is 0.462. The lowest BCUT2D eigenvalue weighted by Gasteiger charge is -2.18. The Balaban J connectivity index is 2.05. The molecule has 2 aliphatic rings. The van der Waals surface area contributed by atoms with Crippen molar-refractivity contribution in [2.75, 3.05) is 13.0 Å². The number of fused-ring (bicyclic) bond motifs is 1. The molecule has 0 bridgehead atoms. The number of carbonyl (C=O) groups is 1. The maximum Gasteiger partial charge on any atom is 0.304 e. The minimum Gasteiger partial charge on any atom is -0.481 e. The third-order valence-corrected chi connectivity index (χ3v) is 4.43. The van der Waals surface area contributed by atoms with Crippen molar-refractivity contribution in [3.8, 4) is 11.5 Å². The van der Waals surface area contributed by atoms with Crippen LogP contribution in [0.1, 0.15) is 24.8 Å². The molecule has 1 saturated carbocycles. The van der Waals surface area contributed by atoms with Crippen LogP contribution < -0.4 is 9.47 Å². The smallest absolute Gasteiger partial charge is 0.304 e. The maximum atomic E-state index is 11.0. The second kappa shape index (κ2) is 4.09. The first-order valence-corrected chi connectivity index (χ1v) is 7.08. The predicted molar refractivity (Wildman–Crippen MR) is 67.5 cm³/mol. The van der Waals surface area contributed by atoms with Crippen LogP contribution in [0.2, 0.25) is 0 Å². The zero-order chi connectivity index (χ0) is 12.8. The summed E-state index contributed by atoms with van der Waals surface area (Å²) < 4.78 is 10.9. The van der Waals surface area contributed by atoms with Crippen molar-refractivity contribution in [1.82, 2.24) is 0 Å². The molecule has 0 amide bonds. The van der Waals surface area contributed by atoms with Gasteiger partial charge < -0.3 is 14.6 Å². The molecule has 3 rings (SSSR count). The number of rotatable bonds is 4. The van der Waals surface area contributed by atoms with Crippen molar-refractivity contribution in [2.45, 2.75) is 29.6 Å². The molecule has 96 valence electrons. The van der Waals surface area contributed by atoms with Crippen LogP contribution in [0.4, 0.5) is 0 Å². The first-order valence-electron chi connectivity index (χ1n) is 5.85. The van der Waals surface area contributed by atoms with Gasteiger partial charge in [-0.1, -0.05) is 6.07 Å². The van der Waals surface area contributed by atoms with Gasteiger partial charge in [0.1, 0.15) is 0 Å². The highest BCUT2D eigenvalue weighted by Gasteiger charge is 2.48. The van der Waals surface area contributed by atoms with Gasteiger partial charge in [-0.25, -0.2) is 0 Å². The van der Waals surface area contributed by atoms with Gasteiger partial charge in [0.15, 0.2) is 11.5 Å². The third-order valence-electron chi connectivity index (χ3n) is 3.61. The average Bonchev–Trinajstić information content (AvgIpc) is 2.94. The lowest BCUT2D eigenvalue weighted by atomic mass is 9.92. The summed E-state index contributed by atoms with van der Waals surface area (Å²) in [7, 11) is 0. The molecule has 5 heteroatoms. The number of hydrogen-bond acceptors (Lipinski definition) is 4. The van der Waals surface area contributed by atoms with Crippen LogP contribution in [-0.2, 0) is 10.2 Å². The summed E-state index contributed by atoms with van der Waals surface area (Å²) in [6.45, 7) is 0.248. The summed E-state index contributed by atoms with van der Waals surface area (Å²) in [4.78, 5) is 12.0.